The zero-order valence-corrected chi connectivity index (χ0v) is 14.7. The molecule has 1 N–H and O–H groups in total. The monoisotopic (exact) mass is 366 g/mol. The first-order valence-corrected chi connectivity index (χ1v) is 8.90. The Morgan fingerprint density at radius 1 is 1.48 bits per heavy atom. The number of methoxy groups -OCH3 is 1. The van der Waals surface area contributed by atoms with Crippen LogP contribution in [0.25, 0.3) is 10.6 Å². The quantitative estimate of drug-likeness (QED) is 0.860. The van der Waals surface area contributed by atoms with E-state index in [1.54, 1.807) is 7.11 Å². The van der Waals surface area contributed by atoms with Gasteiger partial charge in [0.1, 0.15) is 10.8 Å². The number of ether oxygens (including phenoxy) is 1. The number of benzene rings is 1. The highest BCUT2D eigenvalue weighted by atomic mass is 79.9. The first-order valence-electron chi connectivity index (χ1n) is 7.29. The van der Waals surface area contributed by atoms with Crippen LogP contribution >= 0.6 is 27.3 Å². The topological polar surface area (TPSA) is 34.2 Å². The van der Waals surface area contributed by atoms with E-state index in [0.29, 0.717) is 6.04 Å². The molecule has 0 radical (unpaired) electrons. The summed E-state index contributed by atoms with van der Waals surface area (Å²) in [5, 5.41) is 4.66. The second kappa shape index (κ2) is 6.46. The van der Waals surface area contributed by atoms with E-state index in [1.165, 1.54) is 23.4 Å². The minimum absolute atomic E-state index is 0.467. The Morgan fingerprint density at radius 2 is 2.33 bits per heavy atom. The molecule has 1 aliphatic carbocycles. The largest absolute Gasteiger partial charge is 0.497 e. The van der Waals surface area contributed by atoms with Crippen molar-refractivity contribution in [2.24, 2.45) is 0 Å². The first-order chi connectivity index (χ1) is 10.2. The molecular formula is C16H19BrN2OS. The number of hydrogen-bond acceptors (Lipinski definition) is 4. The normalized spacial score (nSPS) is 17.6. The highest BCUT2D eigenvalue weighted by molar-refractivity contribution is 9.10. The second-order valence-electron chi connectivity index (χ2n) is 5.18. The lowest BCUT2D eigenvalue weighted by atomic mass is 9.98. The van der Waals surface area contributed by atoms with Gasteiger partial charge in [0.05, 0.1) is 12.8 Å². The van der Waals surface area contributed by atoms with Crippen molar-refractivity contribution in [1.29, 1.82) is 0 Å². The molecule has 0 fully saturated rings. The van der Waals surface area contributed by atoms with Crippen molar-refractivity contribution < 1.29 is 4.74 Å². The van der Waals surface area contributed by atoms with Crippen molar-refractivity contribution in [3.8, 4) is 16.3 Å². The van der Waals surface area contributed by atoms with Crippen LogP contribution in [0.3, 0.4) is 0 Å². The van der Waals surface area contributed by atoms with E-state index < -0.39 is 0 Å². The van der Waals surface area contributed by atoms with Gasteiger partial charge in [0.2, 0.25) is 0 Å². The molecule has 0 bridgehead atoms. The maximum atomic E-state index is 5.34. The molecular weight excluding hydrogens is 348 g/mol. The van der Waals surface area contributed by atoms with Crippen LogP contribution in [0.2, 0.25) is 0 Å². The molecule has 0 saturated heterocycles. The lowest BCUT2D eigenvalue weighted by Crippen LogP contribution is -2.23. The summed E-state index contributed by atoms with van der Waals surface area (Å²) in [7, 11) is 1.70. The molecule has 1 heterocycles. The number of aromatic nitrogens is 1. The number of nitrogens with one attached hydrogen (secondary N) is 1. The third-order valence-corrected chi connectivity index (χ3v) is 5.74. The molecule has 1 unspecified atom stereocenters. The van der Waals surface area contributed by atoms with Crippen LogP contribution in [0, 0.1) is 0 Å². The average Bonchev–Trinajstić information content (AvgIpc) is 2.93. The van der Waals surface area contributed by atoms with Crippen molar-refractivity contribution in [1.82, 2.24) is 10.3 Å². The van der Waals surface area contributed by atoms with Crippen LogP contribution in [-0.4, -0.2) is 18.6 Å². The van der Waals surface area contributed by atoms with Gasteiger partial charge in [-0.05, 0) is 44.0 Å². The van der Waals surface area contributed by atoms with E-state index in [1.807, 2.05) is 23.5 Å². The molecule has 0 saturated carbocycles. The fraction of sp³-hybridized carbons (Fsp3) is 0.438. The van der Waals surface area contributed by atoms with Gasteiger partial charge >= 0.3 is 0 Å². The molecule has 1 aliphatic rings. The lowest BCUT2D eigenvalue weighted by Gasteiger charge is -2.21. The highest BCUT2D eigenvalue weighted by Gasteiger charge is 2.24. The number of thiazole rings is 1. The van der Waals surface area contributed by atoms with Crippen LogP contribution in [0.1, 0.15) is 36.4 Å². The molecule has 0 spiro atoms. The standard InChI is InChI=1S/C16H19BrN2OS/c1-3-18-13-5-4-6-14-15(13)21-16(19-14)11-9-10(20-2)7-8-12(11)17/h7-9,13,18H,3-6H2,1-2H3. The maximum Gasteiger partial charge on any atom is 0.125 e. The average molecular weight is 367 g/mol. The number of rotatable bonds is 4. The fourth-order valence-corrected chi connectivity index (χ4v) is 4.59. The van der Waals surface area contributed by atoms with Crippen LogP contribution in [0.15, 0.2) is 22.7 Å². The van der Waals surface area contributed by atoms with Crippen molar-refractivity contribution in [2.75, 3.05) is 13.7 Å². The van der Waals surface area contributed by atoms with E-state index in [0.717, 1.165) is 33.8 Å². The molecule has 2 aromatic rings. The Kier molecular flexibility index (Phi) is 4.62. The first kappa shape index (κ1) is 15.0. The van der Waals surface area contributed by atoms with Gasteiger partial charge in [-0.25, -0.2) is 4.98 Å². The third-order valence-electron chi connectivity index (χ3n) is 3.80. The summed E-state index contributed by atoms with van der Waals surface area (Å²) in [4.78, 5) is 6.29. The molecule has 3 nitrogen and oxygen atoms in total. The molecule has 1 aromatic heterocycles. The Hall–Kier alpha value is -0.910. The van der Waals surface area contributed by atoms with Crippen LogP contribution in [0.5, 0.6) is 5.75 Å². The predicted molar refractivity (Wildman–Crippen MR) is 91.2 cm³/mol. The highest BCUT2D eigenvalue weighted by Crippen LogP contribution is 2.40. The van der Waals surface area contributed by atoms with Gasteiger partial charge in [0.25, 0.3) is 0 Å². The van der Waals surface area contributed by atoms with E-state index in [4.69, 9.17) is 9.72 Å². The van der Waals surface area contributed by atoms with Crippen molar-refractivity contribution in [3.63, 3.8) is 0 Å². The lowest BCUT2D eigenvalue weighted by molar-refractivity contribution is 0.415. The Morgan fingerprint density at radius 3 is 3.10 bits per heavy atom. The summed E-state index contributed by atoms with van der Waals surface area (Å²) in [5.41, 5.74) is 2.38. The van der Waals surface area contributed by atoms with Crippen molar-refractivity contribution in [2.45, 2.75) is 32.2 Å². The van der Waals surface area contributed by atoms with Crippen molar-refractivity contribution >= 4 is 27.3 Å². The van der Waals surface area contributed by atoms with Crippen LogP contribution in [0.4, 0.5) is 0 Å². The third kappa shape index (κ3) is 3.00. The molecule has 5 heteroatoms. The molecule has 0 amide bonds. The number of fused-ring (bicyclic) bond motifs is 1. The van der Waals surface area contributed by atoms with Crippen LogP contribution < -0.4 is 10.1 Å². The van der Waals surface area contributed by atoms with Gasteiger partial charge in [-0.3, -0.25) is 0 Å². The van der Waals surface area contributed by atoms with Gasteiger partial charge in [0, 0.05) is 21.0 Å². The van der Waals surface area contributed by atoms with Crippen LogP contribution in [-0.2, 0) is 6.42 Å². The molecule has 0 aliphatic heterocycles. The Bertz CT molecular complexity index is 641. The number of aryl methyl sites for hydroxylation is 1. The van der Waals surface area contributed by atoms with Gasteiger partial charge in [-0.1, -0.05) is 22.9 Å². The zero-order chi connectivity index (χ0) is 14.8. The number of nitrogens with zero attached hydrogens (tertiary/aromatic N) is 1. The van der Waals surface area contributed by atoms with Gasteiger partial charge in [0.15, 0.2) is 0 Å². The van der Waals surface area contributed by atoms with Gasteiger partial charge < -0.3 is 10.1 Å². The summed E-state index contributed by atoms with van der Waals surface area (Å²) in [6.45, 7) is 3.16. The van der Waals surface area contributed by atoms with E-state index in [-0.39, 0.29) is 0 Å². The number of hydrogen-bond donors (Lipinski definition) is 1. The summed E-state index contributed by atoms with van der Waals surface area (Å²) < 4.78 is 6.40. The zero-order valence-electron chi connectivity index (χ0n) is 12.3. The molecule has 3 rings (SSSR count). The fourth-order valence-electron chi connectivity index (χ4n) is 2.77. The number of halogens is 1. The Labute approximate surface area is 137 Å². The summed E-state index contributed by atoms with van der Waals surface area (Å²) in [6.07, 6.45) is 3.52. The Balaban J connectivity index is 2.01. The summed E-state index contributed by atoms with van der Waals surface area (Å²) in [6, 6.07) is 6.50. The summed E-state index contributed by atoms with van der Waals surface area (Å²) in [5.74, 6) is 0.865. The predicted octanol–water partition coefficient (Wildman–Crippen LogP) is 4.57. The maximum absolute atomic E-state index is 5.34. The van der Waals surface area contributed by atoms with E-state index >= 15 is 0 Å². The van der Waals surface area contributed by atoms with E-state index in [9.17, 15) is 0 Å². The molecule has 112 valence electrons. The minimum atomic E-state index is 0.467. The van der Waals surface area contributed by atoms with Gasteiger partial charge in [-0.2, -0.15) is 0 Å². The summed E-state index contributed by atoms with van der Waals surface area (Å²) >= 11 is 5.44. The minimum Gasteiger partial charge on any atom is -0.497 e. The van der Waals surface area contributed by atoms with Crippen molar-refractivity contribution in [3.05, 3.63) is 33.2 Å². The second-order valence-corrected chi connectivity index (χ2v) is 7.06. The SMILES string of the molecule is CCNC1CCCc2nc(-c3cc(OC)ccc3Br)sc21. The molecule has 1 aromatic carbocycles. The molecule has 21 heavy (non-hydrogen) atoms. The van der Waals surface area contributed by atoms with E-state index in [2.05, 4.69) is 34.2 Å². The van der Waals surface area contributed by atoms with Gasteiger partial charge in [-0.15, -0.1) is 11.3 Å². The molecule has 1 atom stereocenters. The smallest absolute Gasteiger partial charge is 0.125 e.